The van der Waals surface area contributed by atoms with Gasteiger partial charge in [0.15, 0.2) is 0 Å². The summed E-state index contributed by atoms with van der Waals surface area (Å²) in [5.74, 6) is -1.22. The van der Waals surface area contributed by atoms with Crippen molar-refractivity contribution in [2.75, 3.05) is 0 Å². The minimum atomic E-state index is -1.30. The minimum absolute atomic E-state index is 0.505. The highest BCUT2D eigenvalue weighted by Crippen LogP contribution is 2.16. The van der Waals surface area contributed by atoms with E-state index in [-0.39, 0.29) is 0 Å². The van der Waals surface area contributed by atoms with Crippen molar-refractivity contribution in [1.29, 1.82) is 0 Å². The lowest BCUT2D eigenvalue weighted by molar-refractivity contribution is -0.140. The van der Waals surface area contributed by atoms with Crippen LogP contribution in [0.1, 0.15) is 6.42 Å². The zero-order valence-electron chi connectivity index (χ0n) is 8.00. The summed E-state index contributed by atoms with van der Waals surface area (Å²) >= 11 is 4.14. The molecule has 0 aliphatic heterocycles. The van der Waals surface area contributed by atoms with E-state index < -0.39 is 18.1 Å². The molecule has 1 rings (SSSR count). The van der Waals surface area contributed by atoms with Crippen molar-refractivity contribution in [1.82, 2.24) is 0 Å². The van der Waals surface area contributed by atoms with E-state index in [0.29, 0.717) is 12.0 Å². The van der Waals surface area contributed by atoms with Crippen LogP contribution in [0.3, 0.4) is 0 Å². The van der Waals surface area contributed by atoms with E-state index in [1.54, 1.807) is 18.2 Å². The Bertz CT molecular complexity index is 347. The number of thiol groups is 1. The predicted molar refractivity (Wildman–Crippen MR) is 60.5 cm³/mol. The molecule has 0 fully saturated rings. The number of hydrogen-bond acceptors (Lipinski definition) is 4. The lowest BCUT2D eigenvalue weighted by Crippen LogP contribution is -2.42. The van der Waals surface area contributed by atoms with Crippen LogP contribution >= 0.6 is 12.6 Å². The first kappa shape index (κ1) is 12.0. The summed E-state index contributed by atoms with van der Waals surface area (Å²) in [5.41, 5.74) is 5.82. The Morgan fingerprint density at radius 2 is 2.13 bits per heavy atom. The van der Waals surface area contributed by atoms with Crippen LogP contribution in [0.5, 0.6) is 0 Å². The number of allylic oxidation sites excluding steroid dienone is 3. The SMILES string of the molecule is N[C@H](C(=O)O)[C@H](O)C1=CCC=C(S)C=C1. The standard InChI is InChI=1S/C10H13NO3S/c11-8(10(13)14)9(12)6-2-1-3-7(15)5-4-6/h2-5,8-9,12,15H,1,11H2,(H,13,14)/t8-,9+/m0/s1. The van der Waals surface area contributed by atoms with Crippen molar-refractivity contribution in [2.45, 2.75) is 18.6 Å². The Morgan fingerprint density at radius 1 is 1.47 bits per heavy atom. The molecule has 0 saturated heterocycles. The first-order chi connectivity index (χ1) is 7.02. The molecule has 4 N–H and O–H groups in total. The molecule has 0 spiro atoms. The topological polar surface area (TPSA) is 83.6 Å². The van der Waals surface area contributed by atoms with Crippen LogP contribution in [-0.2, 0) is 4.79 Å². The first-order valence-corrected chi connectivity index (χ1v) is 4.91. The fraction of sp³-hybridized carbons (Fsp3) is 0.300. The molecule has 15 heavy (non-hydrogen) atoms. The van der Waals surface area contributed by atoms with Crippen LogP contribution in [0.2, 0.25) is 0 Å². The molecule has 82 valence electrons. The number of carboxylic acids is 1. The summed E-state index contributed by atoms with van der Waals surface area (Å²) in [6.45, 7) is 0. The van der Waals surface area contributed by atoms with Crippen LogP contribution in [0.15, 0.2) is 34.8 Å². The van der Waals surface area contributed by atoms with Gasteiger partial charge in [0.25, 0.3) is 0 Å². The summed E-state index contributed by atoms with van der Waals surface area (Å²) in [4.78, 5) is 11.3. The first-order valence-electron chi connectivity index (χ1n) is 4.46. The molecule has 0 radical (unpaired) electrons. The van der Waals surface area contributed by atoms with Crippen LogP contribution < -0.4 is 5.73 Å². The van der Waals surface area contributed by atoms with Gasteiger partial charge in [-0.05, 0) is 18.1 Å². The van der Waals surface area contributed by atoms with Gasteiger partial charge in [-0.1, -0.05) is 18.2 Å². The van der Waals surface area contributed by atoms with E-state index in [1.807, 2.05) is 6.08 Å². The Balaban J connectivity index is 2.77. The lowest BCUT2D eigenvalue weighted by atomic mass is 10.0. The smallest absolute Gasteiger partial charge is 0.323 e. The van der Waals surface area contributed by atoms with Gasteiger partial charge < -0.3 is 15.9 Å². The average molecular weight is 227 g/mol. The molecule has 0 heterocycles. The van der Waals surface area contributed by atoms with Gasteiger partial charge in [0.1, 0.15) is 12.1 Å². The number of rotatable bonds is 3. The quantitative estimate of drug-likeness (QED) is 0.528. The number of carbonyl (C=O) groups is 1. The van der Waals surface area contributed by atoms with Gasteiger partial charge >= 0.3 is 5.97 Å². The second-order valence-electron chi connectivity index (χ2n) is 3.21. The number of carboxylic acid groups (broad SMARTS) is 1. The van der Waals surface area contributed by atoms with Gasteiger partial charge in [0.05, 0.1) is 0 Å². The molecule has 4 nitrogen and oxygen atoms in total. The zero-order valence-corrected chi connectivity index (χ0v) is 8.89. The van der Waals surface area contributed by atoms with Crippen molar-refractivity contribution in [3.63, 3.8) is 0 Å². The van der Waals surface area contributed by atoms with E-state index in [0.717, 1.165) is 4.91 Å². The molecule has 0 aromatic carbocycles. The third-order valence-electron chi connectivity index (χ3n) is 2.09. The van der Waals surface area contributed by atoms with Crippen molar-refractivity contribution in [3.05, 3.63) is 34.8 Å². The second-order valence-corrected chi connectivity index (χ2v) is 3.73. The summed E-state index contributed by atoms with van der Waals surface area (Å²) in [7, 11) is 0. The van der Waals surface area contributed by atoms with Crippen molar-refractivity contribution >= 4 is 18.6 Å². The monoisotopic (exact) mass is 227 g/mol. The van der Waals surface area contributed by atoms with E-state index in [1.165, 1.54) is 0 Å². The number of hydrogen-bond donors (Lipinski definition) is 4. The molecule has 0 saturated carbocycles. The number of aliphatic hydroxyl groups excluding tert-OH is 1. The number of aliphatic hydroxyl groups is 1. The fourth-order valence-corrected chi connectivity index (χ4v) is 1.38. The van der Waals surface area contributed by atoms with Crippen LogP contribution in [-0.4, -0.2) is 28.3 Å². The lowest BCUT2D eigenvalue weighted by Gasteiger charge is -2.15. The Labute approximate surface area is 93.2 Å². The molecule has 0 unspecified atom stereocenters. The highest BCUT2D eigenvalue weighted by atomic mass is 32.1. The average Bonchev–Trinajstić information content (AvgIpc) is 2.40. The maximum atomic E-state index is 10.6. The predicted octanol–water partition coefficient (Wildman–Crippen LogP) is 0.459. The van der Waals surface area contributed by atoms with E-state index in [4.69, 9.17) is 10.8 Å². The van der Waals surface area contributed by atoms with Crippen molar-refractivity contribution in [3.8, 4) is 0 Å². The fourth-order valence-electron chi connectivity index (χ4n) is 1.20. The third-order valence-corrected chi connectivity index (χ3v) is 2.43. The van der Waals surface area contributed by atoms with Gasteiger partial charge in [0, 0.05) is 4.91 Å². The Morgan fingerprint density at radius 3 is 2.73 bits per heavy atom. The molecule has 5 heteroatoms. The largest absolute Gasteiger partial charge is 0.480 e. The van der Waals surface area contributed by atoms with Crippen molar-refractivity contribution in [2.24, 2.45) is 5.73 Å². The van der Waals surface area contributed by atoms with Gasteiger partial charge in [-0.3, -0.25) is 4.79 Å². The number of nitrogens with two attached hydrogens (primary N) is 1. The van der Waals surface area contributed by atoms with Crippen LogP contribution in [0.4, 0.5) is 0 Å². The summed E-state index contributed by atoms with van der Waals surface area (Å²) in [6, 6.07) is -1.30. The molecule has 1 aliphatic rings. The van der Waals surface area contributed by atoms with Gasteiger partial charge in [-0.15, -0.1) is 12.6 Å². The highest BCUT2D eigenvalue weighted by molar-refractivity contribution is 7.84. The summed E-state index contributed by atoms with van der Waals surface area (Å²) in [5, 5.41) is 18.3. The van der Waals surface area contributed by atoms with Gasteiger partial charge in [0.2, 0.25) is 0 Å². The molecule has 1 aliphatic carbocycles. The van der Waals surface area contributed by atoms with E-state index >= 15 is 0 Å². The molecular weight excluding hydrogens is 214 g/mol. The molecule has 0 aromatic rings. The van der Waals surface area contributed by atoms with Crippen molar-refractivity contribution < 1.29 is 15.0 Å². The third kappa shape index (κ3) is 3.23. The highest BCUT2D eigenvalue weighted by Gasteiger charge is 2.24. The molecule has 0 amide bonds. The normalized spacial score (nSPS) is 19.9. The molecule has 2 atom stereocenters. The maximum absolute atomic E-state index is 10.6. The van der Waals surface area contributed by atoms with E-state index in [2.05, 4.69) is 12.6 Å². The van der Waals surface area contributed by atoms with Crippen LogP contribution in [0, 0.1) is 0 Å². The van der Waals surface area contributed by atoms with Gasteiger partial charge in [-0.25, -0.2) is 0 Å². The van der Waals surface area contributed by atoms with Crippen LogP contribution in [0.25, 0.3) is 0 Å². The Hall–Kier alpha value is -1.04. The summed E-state index contributed by atoms with van der Waals surface area (Å²) < 4.78 is 0. The van der Waals surface area contributed by atoms with Gasteiger partial charge in [-0.2, -0.15) is 0 Å². The number of aliphatic carboxylic acids is 1. The maximum Gasteiger partial charge on any atom is 0.323 e. The molecular formula is C10H13NO3S. The zero-order chi connectivity index (χ0) is 11.4. The molecule has 0 bridgehead atoms. The Kier molecular flexibility index (Phi) is 4.14. The minimum Gasteiger partial charge on any atom is -0.480 e. The summed E-state index contributed by atoms with van der Waals surface area (Å²) in [6.07, 6.45) is 6.31. The second kappa shape index (κ2) is 5.16. The van der Waals surface area contributed by atoms with E-state index in [9.17, 15) is 9.90 Å². The molecule has 0 aromatic heterocycles.